The van der Waals surface area contributed by atoms with Crippen LogP contribution in [0.5, 0.6) is 0 Å². The summed E-state index contributed by atoms with van der Waals surface area (Å²) in [4.78, 5) is 14.4. The molecule has 0 fully saturated rings. The van der Waals surface area contributed by atoms with Crippen LogP contribution in [-0.4, -0.2) is 17.2 Å². The highest BCUT2D eigenvalue weighted by Crippen LogP contribution is 2.22. The van der Waals surface area contributed by atoms with E-state index in [2.05, 4.69) is 29.2 Å². The Bertz CT molecular complexity index is 576. The number of aryl methyl sites for hydroxylation is 1. The largest absolute Gasteiger partial charge is 0.293 e. The minimum Gasteiger partial charge on any atom is -0.293 e. The van der Waals surface area contributed by atoms with Crippen molar-refractivity contribution in [3.8, 4) is 0 Å². The number of benzene rings is 2. The van der Waals surface area contributed by atoms with Gasteiger partial charge in [-0.05, 0) is 18.1 Å². The zero-order chi connectivity index (χ0) is 13.2. The zero-order valence-electron chi connectivity index (χ0n) is 11.1. The van der Waals surface area contributed by atoms with Crippen LogP contribution in [0.1, 0.15) is 27.0 Å². The molecule has 1 aliphatic rings. The van der Waals surface area contributed by atoms with Crippen LogP contribution in [0.15, 0.2) is 48.5 Å². The summed E-state index contributed by atoms with van der Waals surface area (Å²) in [6.45, 7) is 4.30. The van der Waals surface area contributed by atoms with Crippen molar-refractivity contribution in [2.45, 2.75) is 20.0 Å². The third kappa shape index (κ3) is 2.59. The van der Waals surface area contributed by atoms with E-state index in [4.69, 9.17) is 0 Å². The SMILES string of the molecule is Cc1ccc(C(=O)CN2Cc3ccccc3C2)cc1. The van der Waals surface area contributed by atoms with Crippen molar-refractivity contribution >= 4 is 5.78 Å². The van der Waals surface area contributed by atoms with Crippen molar-refractivity contribution in [3.63, 3.8) is 0 Å². The van der Waals surface area contributed by atoms with Crippen LogP contribution in [0.2, 0.25) is 0 Å². The average Bonchev–Trinajstić information content (AvgIpc) is 2.81. The molecule has 19 heavy (non-hydrogen) atoms. The van der Waals surface area contributed by atoms with Crippen molar-refractivity contribution in [1.29, 1.82) is 0 Å². The second kappa shape index (κ2) is 4.98. The number of Topliss-reactive ketones (excluding diaryl/α,β-unsaturated/α-hetero) is 1. The van der Waals surface area contributed by atoms with Crippen LogP contribution in [0.25, 0.3) is 0 Å². The molecule has 0 atom stereocenters. The molecule has 0 aliphatic carbocycles. The number of hydrogen-bond acceptors (Lipinski definition) is 2. The van der Waals surface area contributed by atoms with Crippen LogP contribution in [0.4, 0.5) is 0 Å². The molecule has 1 heterocycles. The number of carbonyl (C=O) groups excluding carboxylic acids is 1. The lowest BCUT2D eigenvalue weighted by Crippen LogP contribution is -2.24. The molecule has 96 valence electrons. The summed E-state index contributed by atoms with van der Waals surface area (Å²) in [5.41, 5.74) is 4.69. The molecule has 2 heteroatoms. The van der Waals surface area contributed by atoms with E-state index in [0.717, 1.165) is 18.7 Å². The molecule has 0 amide bonds. The summed E-state index contributed by atoms with van der Waals surface area (Å²) in [6.07, 6.45) is 0. The van der Waals surface area contributed by atoms with Gasteiger partial charge in [0.1, 0.15) is 0 Å². The fraction of sp³-hybridized carbons (Fsp3) is 0.235. The van der Waals surface area contributed by atoms with E-state index < -0.39 is 0 Å². The first-order valence-electron chi connectivity index (χ1n) is 6.61. The maximum absolute atomic E-state index is 12.2. The van der Waals surface area contributed by atoms with Crippen LogP contribution < -0.4 is 0 Å². The van der Waals surface area contributed by atoms with Gasteiger partial charge in [-0.2, -0.15) is 0 Å². The number of rotatable bonds is 3. The molecule has 0 radical (unpaired) electrons. The standard InChI is InChI=1S/C17H17NO/c1-13-6-8-14(9-7-13)17(19)12-18-10-15-4-2-3-5-16(15)11-18/h2-9H,10-12H2,1H3. The normalized spacial score (nSPS) is 14.4. The number of nitrogens with zero attached hydrogens (tertiary/aromatic N) is 1. The Morgan fingerprint density at radius 1 is 1.00 bits per heavy atom. The number of fused-ring (bicyclic) bond motifs is 1. The molecule has 0 aromatic heterocycles. The highest BCUT2D eigenvalue weighted by atomic mass is 16.1. The van der Waals surface area contributed by atoms with Crippen LogP contribution in [0.3, 0.4) is 0 Å². The lowest BCUT2D eigenvalue weighted by atomic mass is 10.1. The fourth-order valence-electron chi connectivity index (χ4n) is 2.55. The van der Waals surface area contributed by atoms with Crippen LogP contribution in [0, 0.1) is 6.92 Å². The molecule has 0 bridgehead atoms. The minimum absolute atomic E-state index is 0.202. The fourth-order valence-corrected chi connectivity index (χ4v) is 2.55. The number of hydrogen-bond donors (Lipinski definition) is 0. The first-order chi connectivity index (χ1) is 9.22. The van der Waals surface area contributed by atoms with Gasteiger partial charge in [0.05, 0.1) is 6.54 Å². The van der Waals surface area contributed by atoms with Gasteiger partial charge >= 0.3 is 0 Å². The first-order valence-corrected chi connectivity index (χ1v) is 6.61. The van der Waals surface area contributed by atoms with Gasteiger partial charge in [0, 0.05) is 18.7 Å². The van der Waals surface area contributed by atoms with E-state index >= 15 is 0 Å². The molecule has 0 saturated carbocycles. The Kier molecular flexibility index (Phi) is 3.18. The van der Waals surface area contributed by atoms with E-state index in [9.17, 15) is 4.79 Å². The average molecular weight is 251 g/mol. The topological polar surface area (TPSA) is 20.3 Å². The summed E-state index contributed by atoms with van der Waals surface area (Å²) < 4.78 is 0. The maximum atomic E-state index is 12.2. The Hall–Kier alpha value is -1.93. The predicted octanol–water partition coefficient (Wildman–Crippen LogP) is 3.19. The summed E-state index contributed by atoms with van der Waals surface area (Å²) in [7, 11) is 0. The second-order valence-corrected chi connectivity index (χ2v) is 5.20. The molecule has 2 nitrogen and oxygen atoms in total. The van der Waals surface area contributed by atoms with Crippen molar-refractivity contribution < 1.29 is 4.79 Å². The summed E-state index contributed by atoms with van der Waals surface area (Å²) in [5, 5.41) is 0. The molecule has 2 aromatic carbocycles. The Morgan fingerprint density at radius 3 is 2.16 bits per heavy atom. The lowest BCUT2D eigenvalue weighted by molar-refractivity contribution is 0.0929. The highest BCUT2D eigenvalue weighted by Gasteiger charge is 2.20. The van der Waals surface area contributed by atoms with Crippen LogP contribution >= 0.6 is 0 Å². The van der Waals surface area contributed by atoms with Gasteiger partial charge in [-0.1, -0.05) is 54.1 Å². The molecule has 0 spiro atoms. The van der Waals surface area contributed by atoms with Crippen molar-refractivity contribution in [1.82, 2.24) is 4.90 Å². The smallest absolute Gasteiger partial charge is 0.176 e. The molecular formula is C17H17NO. The van der Waals surface area contributed by atoms with Gasteiger partial charge in [-0.15, -0.1) is 0 Å². The quantitative estimate of drug-likeness (QED) is 0.781. The minimum atomic E-state index is 0.202. The second-order valence-electron chi connectivity index (χ2n) is 5.20. The molecule has 1 aliphatic heterocycles. The molecule has 2 aromatic rings. The first kappa shape index (κ1) is 12.1. The monoisotopic (exact) mass is 251 g/mol. The third-order valence-corrected chi connectivity index (χ3v) is 3.65. The summed E-state index contributed by atoms with van der Waals surface area (Å²) >= 11 is 0. The molecule has 0 unspecified atom stereocenters. The molecule has 0 N–H and O–H groups in total. The van der Waals surface area contributed by atoms with E-state index in [1.807, 2.05) is 31.2 Å². The maximum Gasteiger partial charge on any atom is 0.176 e. The van der Waals surface area contributed by atoms with Gasteiger partial charge in [0.15, 0.2) is 5.78 Å². The number of carbonyl (C=O) groups is 1. The Balaban J connectivity index is 1.67. The molecule has 3 rings (SSSR count). The van der Waals surface area contributed by atoms with Gasteiger partial charge in [-0.3, -0.25) is 9.69 Å². The predicted molar refractivity (Wildman–Crippen MR) is 76.1 cm³/mol. The van der Waals surface area contributed by atoms with Gasteiger partial charge in [0.2, 0.25) is 0 Å². The van der Waals surface area contributed by atoms with Crippen LogP contribution in [-0.2, 0) is 13.1 Å². The lowest BCUT2D eigenvalue weighted by Gasteiger charge is -2.13. The van der Waals surface area contributed by atoms with Gasteiger partial charge < -0.3 is 0 Å². The van der Waals surface area contributed by atoms with E-state index in [1.54, 1.807) is 0 Å². The van der Waals surface area contributed by atoms with E-state index in [-0.39, 0.29) is 5.78 Å². The van der Waals surface area contributed by atoms with Crippen molar-refractivity contribution in [2.75, 3.05) is 6.54 Å². The van der Waals surface area contributed by atoms with Gasteiger partial charge in [-0.25, -0.2) is 0 Å². The van der Waals surface area contributed by atoms with E-state index in [1.165, 1.54) is 16.7 Å². The van der Waals surface area contributed by atoms with Crippen molar-refractivity contribution in [3.05, 3.63) is 70.8 Å². The number of ketones is 1. The Morgan fingerprint density at radius 2 is 1.58 bits per heavy atom. The summed E-state index contributed by atoms with van der Waals surface area (Å²) in [5.74, 6) is 0.202. The van der Waals surface area contributed by atoms with E-state index in [0.29, 0.717) is 6.54 Å². The van der Waals surface area contributed by atoms with Crippen molar-refractivity contribution in [2.24, 2.45) is 0 Å². The zero-order valence-corrected chi connectivity index (χ0v) is 11.1. The summed E-state index contributed by atoms with van der Waals surface area (Å²) in [6, 6.07) is 16.2. The van der Waals surface area contributed by atoms with Gasteiger partial charge in [0.25, 0.3) is 0 Å². The molecule has 0 saturated heterocycles. The Labute approximate surface area is 113 Å². The molecular weight excluding hydrogens is 234 g/mol. The third-order valence-electron chi connectivity index (χ3n) is 3.65. The highest BCUT2D eigenvalue weighted by molar-refractivity contribution is 5.97.